The predicted octanol–water partition coefficient (Wildman–Crippen LogP) is 1.86. The van der Waals surface area contributed by atoms with Crippen molar-refractivity contribution in [1.82, 2.24) is 9.78 Å². The second-order valence-electron chi connectivity index (χ2n) is 4.58. The smallest absolute Gasteiger partial charge is 0.0871 e. The number of nitrogens with zero attached hydrogens (tertiary/aromatic N) is 2. The molecule has 2 N–H and O–H groups in total. The van der Waals surface area contributed by atoms with Gasteiger partial charge in [-0.15, -0.1) is 0 Å². The molecule has 1 aliphatic rings. The molecule has 1 aromatic rings. The Kier molecular flexibility index (Phi) is 3.30. The van der Waals surface area contributed by atoms with E-state index in [1.165, 1.54) is 12.8 Å². The highest BCUT2D eigenvalue weighted by Gasteiger charge is 2.40. The quantitative estimate of drug-likeness (QED) is 0.847. The Morgan fingerprint density at radius 1 is 1.56 bits per heavy atom. The molecule has 1 atom stereocenters. The van der Waals surface area contributed by atoms with Crippen LogP contribution < -0.4 is 5.73 Å². The van der Waals surface area contributed by atoms with E-state index in [4.69, 9.17) is 10.5 Å². The van der Waals surface area contributed by atoms with E-state index in [1.807, 2.05) is 17.1 Å². The molecule has 1 saturated carbocycles. The number of methoxy groups -OCH3 is 1. The Balaban J connectivity index is 2.19. The minimum Gasteiger partial charge on any atom is -0.376 e. The van der Waals surface area contributed by atoms with Crippen molar-refractivity contribution in [1.29, 1.82) is 0 Å². The zero-order valence-corrected chi connectivity index (χ0v) is 10.1. The molecule has 0 amide bonds. The SMILES string of the molecule is CCn1cc(C(N)C2(OC)CCCC2)cn1. The standard InChI is InChI=1S/C12H21N3O/c1-3-15-9-10(8-14-15)11(13)12(16-2)6-4-5-7-12/h8-9,11H,3-7,13H2,1-2H3. The van der Waals surface area contributed by atoms with Crippen molar-refractivity contribution in [2.45, 2.75) is 50.8 Å². The van der Waals surface area contributed by atoms with Gasteiger partial charge in [0, 0.05) is 25.4 Å². The average molecular weight is 223 g/mol. The number of ether oxygens (including phenoxy) is 1. The number of aryl methyl sites for hydroxylation is 1. The van der Waals surface area contributed by atoms with Gasteiger partial charge in [-0.3, -0.25) is 4.68 Å². The monoisotopic (exact) mass is 223 g/mol. The summed E-state index contributed by atoms with van der Waals surface area (Å²) in [5.41, 5.74) is 7.26. The van der Waals surface area contributed by atoms with E-state index in [1.54, 1.807) is 7.11 Å². The van der Waals surface area contributed by atoms with Crippen LogP contribution in [0.15, 0.2) is 12.4 Å². The number of hydrogen-bond acceptors (Lipinski definition) is 3. The number of rotatable bonds is 4. The maximum Gasteiger partial charge on any atom is 0.0871 e. The van der Waals surface area contributed by atoms with Gasteiger partial charge in [0.25, 0.3) is 0 Å². The largest absolute Gasteiger partial charge is 0.376 e. The van der Waals surface area contributed by atoms with Crippen LogP contribution in [0.1, 0.15) is 44.2 Å². The Hall–Kier alpha value is -0.870. The summed E-state index contributed by atoms with van der Waals surface area (Å²) in [7, 11) is 1.77. The molecule has 1 heterocycles. The third kappa shape index (κ3) is 1.87. The molecule has 2 rings (SSSR count). The summed E-state index contributed by atoms with van der Waals surface area (Å²) in [6, 6.07) is -0.0553. The molecule has 0 saturated heterocycles. The summed E-state index contributed by atoms with van der Waals surface area (Å²) in [6.07, 6.45) is 8.44. The highest BCUT2D eigenvalue weighted by Crippen LogP contribution is 2.41. The van der Waals surface area contributed by atoms with Crippen molar-refractivity contribution in [3.8, 4) is 0 Å². The van der Waals surface area contributed by atoms with Crippen LogP contribution in [0.5, 0.6) is 0 Å². The number of nitrogens with two attached hydrogens (primary N) is 1. The lowest BCUT2D eigenvalue weighted by molar-refractivity contribution is -0.0264. The molecule has 0 aromatic carbocycles. The predicted molar refractivity (Wildman–Crippen MR) is 63.0 cm³/mol. The lowest BCUT2D eigenvalue weighted by Gasteiger charge is -2.33. The van der Waals surface area contributed by atoms with E-state index in [9.17, 15) is 0 Å². The molecule has 0 aliphatic heterocycles. The number of hydrogen-bond donors (Lipinski definition) is 1. The topological polar surface area (TPSA) is 53.1 Å². The molecular formula is C12H21N3O. The molecular weight excluding hydrogens is 202 g/mol. The lowest BCUT2D eigenvalue weighted by Crippen LogP contribution is -2.40. The molecule has 90 valence electrons. The summed E-state index contributed by atoms with van der Waals surface area (Å²) in [4.78, 5) is 0. The molecule has 1 fully saturated rings. The first-order valence-electron chi connectivity index (χ1n) is 6.05. The van der Waals surface area contributed by atoms with Gasteiger partial charge in [-0.1, -0.05) is 12.8 Å². The van der Waals surface area contributed by atoms with Crippen LogP contribution in [0.25, 0.3) is 0 Å². The minimum atomic E-state index is -0.165. The molecule has 1 unspecified atom stereocenters. The van der Waals surface area contributed by atoms with Gasteiger partial charge >= 0.3 is 0 Å². The van der Waals surface area contributed by atoms with E-state index in [-0.39, 0.29) is 11.6 Å². The summed E-state index contributed by atoms with van der Waals surface area (Å²) >= 11 is 0. The molecule has 0 radical (unpaired) electrons. The average Bonchev–Trinajstić information content (AvgIpc) is 2.98. The van der Waals surface area contributed by atoms with Gasteiger partial charge in [0.05, 0.1) is 17.8 Å². The van der Waals surface area contributed by atoms with E-state index in [0.29, 0.717) is 0 Å². The van der Waals surface area contributed by atoms with Crippen molar-refractivity contribution >= 4 is 0 Å². The Bertz CT molecular complexity index is 342. The van der Waals surface area contributed by atoms with Crippen molar-refractivity contribution in [3.63, 3.8) is 0 Å². The fraction of sp³-hybridized carbons (Fsp3) is 0.750. The van der Waals surface area contributed by atoms with Crippen LogP contribution in [0, 0.1) is 0 Å². The lowest BCUT2D eigenvalue weighted by atomic mass is 9.89. The highest BCUT2D eigenvalue weighted by molar-refractivity contribution is 5.16. The summed E-state index contributed by atoms with van der Waals surface area (Å²) in [5, 5.41) is 4.27. The fourth-order valence-corrected chi connectivity index (χ4v) is 2.63. The maximum absolute atomic E-state index is 6.34. The first-order chi connectivity index (χ1) is 7.72. The first kappa shape index (κ1) is 11.6. The Morgan fingerprint density at radius 3 is 2.75 bits per heavy atom. The molecule has 1 aliphatic carbocycles. The van der Waals surface area contributed by atoms with Gasteiger partial charge in [-0.2, -0.15) is 5.10 Å². The normalized spacial score (nSPS) is 21.2. The van der Waals surface area contributed by atoms with E-state index in [0.717, 1.165) is 24.9 Å². The molecule has 4 nitrogen and oxygen atoms in total. The minimum absolute atomic E-state index is 0.0553. The fourth-order valence-electron chi connectivity index (χ4n) is 2.63. The van der Waals surface area contributed by atoms with E-state index >= 15 is 0 Å². The summed E-state index contributed by atoms with van der Waals surface area (Å²) in [6.45, 7) is 2.96. The first-order valence-corrected chi connectivity index (χ1v) is 6.05. The van der Waals surface area contributed by atoms with Gasteiger partial charge in [0.15, 0.2) is 0 Å². The van der Waals surface area contributed by atoms with Gasteiger partial charge in [0.2, 0.25) is 0 Å². The third-order valence-corrected chi connectivity index (χ3v) is 3.76. The van der Waals surface area contributed by atoms with Crippen LogP contribution in [0.3, 0.4) is 0 Å². The summed E-state index contributed by atoms with van der Waals surface area (Å²) < 4.78 is 7.61. The van der Waals surface area contributed by atoms with Crippen LogP contribution in [0.4, 0.5) is 0 Å². The molecule has 4 heteroatoms. The second-order valence-corrected chi connectivity index (χ2v) is 4.58. The zero-order valence-electron chi connectivity index (χ0n) is 10.1. The van der Waals surface area contributed by atoms with Crippen molar-refractivity contribution in [2.24, 2.45) is 5.73 Å². The van der Waals surface area contributed by atoms with Crippen molar-refractivity contribution in [2.75, 3.05) is 7.11 Å². The number of aromatic nitrogens is 2. The van der Waals surface area contributed by atoms with Crippen molar-refractivity contribution < 1.29 is 4.74 Å². The molecule has 0 bridgehead atoms. The zero-order chi connectivity index (χ0) is 11.6. The second kappa shape index (κ2) is 4.55. The maximum atomic E-state index is 6.34. The van der Waals surface area contributed by atoms with Crippen LogP contribution in [-0.2, 0) is 11.3 Å². The van der Waals surface area contributed by atoms with Gasteiger partial charge in [-0.25, -0.2) is 0 Å². The molecule has 0 spiro atoms. The van der Waals surface area contributed by atoms with E-state index in [2.05, 4.69) is 12.0 Å². The Morgan fingerprint density at radius 2 is 2.25 bits per heavy atom. The van der Waals surface area contributed by atoms with Crippen LogP contribution in [-0.4, -0.2) is 22.5 Å². The third-order valence-electron chi connectivity index (χ3n) is 3.76. The van der Waals surface area contributed by atoms with Gasteiger partial charge < -0.3 is 10.5 Å². The molecule has 16 heavy (non-hydrogen) atoms. The van der Waals surface area contributed by atoms with Gasteiger partial charge in [0.1, 0.15) is 0 Å². The van der Waals surface area contributed by atoms with E-state index < -0.39 is 0 Å². The van der Waals surface area contributed by atoms with Crippen LogP contribution >= 0.6 is 0 Å². The van der Waals surface area contributed by atoms with Crippen molar-refractivity contribution in [3.05, 3.63) is 18.0 Å². The Labute approximate surface area is 96.8 Å². The molecule has 1 aromatic heterocycles. The highest BCUT2D eigenvalue weighted by atomic mass is 16.5. The summed E-state index contributed by atoms with van der Waals surface area (Å²) in [5.74, 6) is 0. The van der Waals surface area contributed by atoms with Gasteiger partial charge in [-0.05, 0) is 19.8 Å². The van der Waals surface area contributed by atoms with Crippen LogP contribution in [0.2, 0.25) is 0 Å².